The Morgan fingerprint density at radius 3 is 3.14 bits per heavy atom. The number of aromatic nitrogens is 2. The molecular weight excluding hydrogens is 185 g/mol. The molecule has 14 heavy (non-hydrogen) atoms. The average molecular weight is 197 g/mol. The fraction of sp³-hybridized carbons (Fsp3) is 0.556. The highest BCUT2D eigenvalue weighted by Gasteiger charge is 2.24. The van der Waals surface area contributed by atoms with Crippen molar-refractivity contribution < 1.29 is 9.50 Å². The maximum atomic E-state index is 12.8. The monoisotopic (exact) mass is 197 g/mol. The van der Waals surface area contributed by atoms with Gasteiger partial charge >= 0.3 is 0 Å². The van der Waals surface area contributed by atoms with Gasteiger partial charge in [0, 0.05) is 12.6 Å². The van der Waals surface area contributed by atoms with Gasteiger partial charge in [-0.2, -0.15) is 4.39 Å². The van der Waals surface area contributed by atoms with Crippen molar-refractivity contribution in [3.63, 3.8) is 0 Å². The molecule has 1 unspecified atom stereocenters. The Balaban J connectivity index is 2.21. The first-order valence-electron chi connectivity index (χ1n) is 4.66. The lowest BCUT2D eigenvalue weighted by molar-refractivity contribution is 0.266. The van der Waals surface area contributed by atoms with Crippen molar-refractivity contribution in [1.29, 1.82) is 0 Å². The first-order valence-corrected chi connectivity index (χ1v) is 4.66. The van der Waals surface area contributed by atoms with E-state index in [1.165, 1.54) is 12.4 Å². The van der Waals surface area contributed by atoms with E-state index in [4.69, 9.17) is 5.11 Å². The maximum absolute atomic E-state index is 12.8. The van der Waals surface area contributed by atoms with E-state index < -0.39 is 5.95 Å². The van der Waals surface area contributed by atoms with Gasteiger partial charge in [0.15, 0.2) is 0 Å². The summed E-state index contributed by atoms with van der Waals surface area (Å²) in [5.74, 6) is 0.0349. The van der Waals surface area contributed by atoms with E-state index in [0.717, 1.165) is 19.4 Å². The molecule has 1 aliphatic rings. The molecule has 0 bridgehead atoms. The summed E-state index contributed by atoms with van der Waals surface area (Å²) in [6.45, 7) is 0.910. The third-order valence-electron chi connectivity index (χ3n) is 2.50. The van der Waals surface area contributed by atoms with Crippen LogP contribution in [0.4, 0.5) is 10.2 Å². The third kappa shape index (κ3) is 1.68. The van der Waals surface area contributed by atoms with Crippen molar-refractivity contribution in [2.45, 2.75) is 18.9 Å². The van der Waals surface area contributed by atoms with Crippen molar-refractivity contribution >= 4 is 5.82 Å². The summed E-state index contributed by atoms with van der Waals surface area (Å²) in [7, 11) is 0. The highest BCUT2D eigenvalue weighted by molar-refractivity contribution is 5.39. The lowest BCUT2D eigenvalue weighted by atomic mass is 10.2. The number of aliphatic hydroxyl groups is 1. The molecule has 0 amide bonds. The molecule has 2 heterocycles. The van der Waals surface area contributed by atoms with Crippen LogP contribution in [0.15, 0.2) is 12.4 Å². The minimum atomic E-state index is -0.529. The van der Waals surface area contributed by atoms with Crippen LogP contribution in [0.2, 0.25) is 0 Å². The van der Waals surface area contributed by atoms with Crippen molar-refractivity contribution in [2.75, 3.05) is 18.1 Å². The molecule has 1 saturated heterocycles. The maximum Gasteiger partial charge on any atom is 0.218 e. The van der Waals surface area contributed by atoms with Crippen LogP contribution in [-0.2, 0) is 0 Å². The lowest BCUT2D eigenvalue weighted by Gasteiger charge is -2.23. The topological polar surface area (TPSA) is 49.2 Å². The molecule has 0 saturated carbocycles. The first-order chi connectivity index (χ1) is 6.81. The second kappa shape index (κ2) is 3.88. The summed E-state index contributed by atoms with van der Waals surface area (Å²) >= 11 is 0. The van der Waals surface area contributed by atoms with Crippen LogP contribution in [0.25, 0.3) is 0 Å². The lowest BCUT2D eigenvalue weighted by Crippen LogP contribution is -2.32. The standard InChI is InChI=1S/C9H12FN3O/c10-8-4-9(12-6-11-8)13-3-1-2-7(13)5-14/h4,6-7,14H,1-3,5H2. The van der Waals surface area contributed by atoms with Gasteiger partial charge in [-0.1, -0.05) is 0 Å². The fourth-order valence-corrected chi connectivity index (χ4v) is 1.81. The Bertz CT molecular complexity index is 321. The molecule has 1 aliphatic heterocycles. The van der Waals surface area contributed by atoms with Gasteiger partial charge in [-0.25, -0.2) is 9.97 Å². The Kier molecular flexibility index (Phi) is 2.58. The van der Waals surface area contributed by atoms with Crippen molar-refractivity contribution in [3.05, 3.63) is 18.3 Å². The summed E-state index contributed by atoms with van der Waals surface area (Å²) in [6, 6.07) is 1.37. The molecule has 0 radical (unpaired) electrons. The van der Waals surface area contributed by atoms with E-state index in [2.05, 4.69) is 9.97 Å². The Hall–Kier alpha value is -1.23. The van der Waals surface area contributed by atoms with Crippen LogP contribution < -0.4 is 4.90 Å². The molecule has 0 aromatic carbocycles. The number of nitrogens with zero attached hydrogens (tertiary/aromatic N) is 3. The average Bonchev–Trinajstić information content (AvgIpc) is 2.65. The van der Waals surface area contributed by atoms with E-state index in [9.17, 15) is 4.39 Å². The smallest absolute Gasteiger partial charge is 0.218 e. The molecule has 1 aromatic heterocycles. The normalized spacial score (nSPS) is 21.6. The van der Waals surface area contributed by atoms with Crippen molar-refractivity contribution in [2.24, 2.45) is 0 Å². The van der Waals surface area contributed by atoms with Gasteiger partial charge < -0.3 is 10.0 Å². The summed E-state index contributed by atoms with van der Waals surface area (Å²) in [4.78, 5) is 9.30. The number of anilines is 1. The van der Waals surface area contributed by atoms with Crippen molar-refractivity contribution in [3.8, 4) is 0 Å². The number of aliphatic hydroxyl groups excluding tert-OH is 1. The highest BCUT2D eigenvalue weighted by Crippen LogP contribution is 2.22. The predicted molar refractivity (Wildman–Crippen MR) is 49.4 cm³/mol. The molecule has 1 fully saturated rings. The minimum absolute atomic E-state index is 0.0734. The van der Waals surface area contributed by atoms with Gasteiger partial charge in [-0.05, 0) is 12.8 Å². The molecule has 0 aliphatic carbocycles. The van der Waals surface area contributed by atoms with Crippen LogP contribution >= 0.6 is 0 Å². The summed E-state index contributed by atoms with van der Waals surface area (Å²) in [5, 5.41) is 9.09. The second-order valence-electron chi connectivity index (χ2n) is 3.37. The van der Waals surface area contributed by atoms with Crippen LogP contribution in [0, 0.1) is 5.95 Å². The van der Waals surface area contributed by atoms with Crippen LogP contribution in [0.3, 0.4) is 0 Å². The van der Waals surface area contributed by atoms with Crippen LogP contribution in [-0.4, -0.2) is 34.3 Å². The van der Waals surface area contributed by atoms with Gasteiger partial charge in [0.05, 0.1) is 12.6 Å². The minimum Gasteiger partial charge on any atom is -0.394 e. The number of hydrogen-bond acceptors (Lipinski definition) is 4. The van der Waals surface area contributed by atoms with Gasteiger partial charge in [-0.3, -0.25) is 0 Å². The van der Waals surface area contributed by atoms with Gasteiger partial charge in [0.25, 0.3) is 0 Å². The molecule has 2 rings (SSSR count). The van der Waals surface area contributed by atoms with Gasteiger partial charge in [0.1, 0.15) is 12.1 Å². The molecule has 76 valence electrons. The molecule has 4 nitrogen and oxygen atoms in total. The third-order valence-corrected chi connectivity index (χ3v) is 2.50. The van der Waals surface area contributed by atoms with E-state index in [1.807, 2.05) is 4.90 Å². The number of hydrogen-bond donors (Lipinski definition) is 1. The second-order valence-corrected chi connectivity index (χ2v) is 3.37. The molecule has 1 N–H and O–H groups in total. The summed E-state index contributed by atoms with van der Waals surface area (Å²) < 4.78 is 12.8. The SMILES string of the molecule is OCC1CCCN1c1cc(F)ncn1. The van der Waals surface area contributed by atoms with Crippen molar-refractivity contribution in [1.82, 2.24) is 9.97 Å². The summed E-state index contributed by atoms with van der Waals surface area (Å²) in [6.07, 6.45) is 3.15. The molecule has 0 spiro atoms. The van der Waals surface area contributed by atoms with E-state index >= 15 is 0 Å². The zero-order valence-electron chi connectivity index (χ0n) is 7.73. The summed E-state index contributed by atoms with van der Waals surface area (Å²) in [5.41, 5.74) is 0. The van der Waals surface area contributed by atoms with Crippen LogP contribution in [0.5, 0.6) is 0 Å². The predicted octanol–water partition coefficient (Wildman–Crippen LogP) is 0.577. The van der Waals surface area contributed by atoms with Gasteiger partial charge in [0.2, 0.25) is 5.95 Å². The van der Waals surface area contributed by atoms with E-state index in [0.29, 0.717) is 5.82 Å². The fourth-order valence-electron chi connectivity index (χ4n) is 1.81. The molecular formula is C9H12FN3O. The largest absolute Gasteiger partial charge is 0.394 e. The Labute approximate surface area is 81.4 Å². The first kappa shape index (κ1) is 9.33. The van der Waals surface area contributed by atoms with E-state index in [1.54, 1.807) is 0 Å². The zero-order valence-corrected chi connectivity index (χ0v) is 7.73. The number of halogens is 1. The molecule has 1 atom stereocenters. The van der Waals surface area contributed by atoms with Gasteiger partial charge in [-0.15, -0.1) is 0 Å². The zero-order chi connectivity index (χ0) is 9.97. The van der Waals surface area contributed by atoms with E-state index in [-0.39, 0.29) is 12.6 Å². The quantitative estimate of drug-likeness (QED) is 0.704. The molecule has 1 aromatic rings. The Morgan fingerprint density at radius 2 is 2.43 bits per heavy atom. The molecule has 5 heteroatoms. The Morgan fingerprint density at radius 1 is 1.57 bits per heavy atom. The number of rotatable bonds is 2. The van der Waals surface area contributed by atoms with Crippen LogP contribution in [0.1, 0.15) is 12.8 Å². The highest BCUT2D eigenvalue weighted by atomic mass is 19.1.